The van der Waals surface area contributed by atoms with Gasteiger partial charge in [0.1, 0.15) is 39.8 Å². The topological polar surface area (TPSA) is 88.0 Å². The Balaban J connectivity index is 1.66. The Kier molecular flexibility index (Phi) is 5.31. The van der Waals surface area contributed by atoms with Crippen LogP contribution in [0.2, 0.25) is 0 Å². The molecule has 0 amide bonds. The predicted octanol–water partition coefficient (Wildman–Crippen LogP) is 4.30. The number of carboxylic acids is 1. The van der Waals surface area contributed by atoms with E-state index >= 15 is 0 Å². The normalized spacial score (nSPS) is 18.2. The number of hydrogen-bond acceptors (Lipinski definition) is 6. The average molecular weight is 433 g/mol. The van der Waals surface area contributed by atoms with Gasteiger partial charge in [0.05, 0.1) is 12.7 Å². The van der Waals surface area contributed by atoms with Crippen molar-refractivity contribution in [3.8, 4) is 16.9 Å². The minimum Gasteiger partial charge on any atom is -0.497 e. The summed E-state index contributed by atoms with van der Waals surface area (Å²) in [5.41, 5.74) is -0.0627. The van der Waals surface area contributed by atoms with Gasteiger partial charge >= 0.3 is 5.97 Å². The van der Waals surface area contributed by atoms with Crippen LogP contribution in [-0.4, -0.2) is 35.6 Å². The molecule has 0 saturated heterocycles. The van der Waals surface area contributed by atoms with Crippen LogP contribution in [0.3, 0.4) is 0 Å². The molecule has 0 spiro atoms. The maximum Gasteiger partial charge on any atom is 0.339 e. The molecule has 2 heterocycles. The largest absolute Gasteiger partial charge is 0.497 e. The van der Waals surface area contributed by atoms with Crippen molar-refractivity contribution in [1.29, 1.82) is 0 Å². The fourth-order valence-corrected chi connectivity index (χ4v) is 4.33. The van der Waals surface area contributed by atoms with Crippen LogP contribution in [0.5, 0.6) is 5.75 Å². The van der Waals surface area contributed by atoms with Gasteiger partial charge in [0, 0.05) is 29.5 Å². The van der Waals surface area contributed by atoms with Gasteiger partial charge in [0.2, 0.25) is 0 Å². The highest BCUT2D eigenvalue weighted by atomic mass is 32.1. The summed E-state index contributed by atoms with van der Waals surface area (Å²) in [6.45, 7) is 0. The maximum atomic E-state index is 14.5. The Morgan fingerprint density at radius 2 is 2.10 bits per heavy atom. The van der Waals surface area contributed by atoms with Crippen LogP contribution in [0.4, 0.5) is 13.8 Å². The van der Waals surface area contributed by atoms with Crippen LogP contribution >= 0.6 is 11.3 Å². The molecule has 1 aliphatic carbocycles. The molecule has 1 aromatic heterocycles. The van der Waals surface area contributed by atoms with E-state index in [2.05, 4.69) is 5.32 Å². The number of aliphatic hydroxyl groups is 1. The summed E-state index contributed by atoms with van der Waals surface area (Å²) in [5.74, 6) is -3.08. The minimum absolute atomic E-state index is 0.0230. The molecule has 6 nitrogen and oxygen atoms in total. The highest BCUT2D eigenvalue weighted by Gasteiger charge is 2.30. The van der Waals surface area contributed by atoms with E-state index in [0.717, 1.165) is 29.0 Å². The van der Waals surface area contributed by atoms with Crippen molar-refractivity contribution in [3.05, 3.63) is 70.3 Å². The van der Waals surface area contributed by atoms with Gasteiger partial charge < -0.3 is 25.0 Å². The highest BCUT2D eigenvalue weighted by Crippen LogP contribution is 2.40. The molecule has 3 N–H and O–H groups in total. The van der Waals surface area contributed by atoms with Crippen molar-refractivity contribution in [1.82, 2.24) is 0 Å². The second kappa shape index (κ2) is 7.92. The molecular formula is C21H17F2NO5S. The maximum absolute atomic E-state index is 14.5. The number of carboxylic acid groups (broad SMARTS) is 1. The number of hydrogen-bond donors (Lipinski definition) is 3. The minimum atomic E-state index is -1.39. The number of benzene rings is 1. The molecule has 0 saturated carbocycles. The van der Waals surface area contributed by atoms with Crippen LogP contribution in [0.1, 0.15) is 16.8 Å². The first kappa shape index (κ1) is 20.1. The Labute approximate surface area is 174 Å². The Morgan fingerprint density at radius 3 is 2.73 bits per heavy atom. The standard InChI is InChI=1S/C21H17F2NO5S/c1-28-11-7-13(22)17(14(23)8-11)12-9-30-20(18(12)21(26)27)24-19(25)16-6-10-4-2-3-5-15(10)29-16/h2-4,6-9,15,19,24-25H,5H2,1H3,(H,26,27). The number of aromatic carboxylic acids is 1. The molecule has 30 heavy (non-hydrogen) atoms. The lowest BCUT2D eigenvalue weighted by Crippen LogP contribution is -2.23. The number of anilines is 1. The number of halogens is 2. The fourth-order valence-electron chi connectivity index (χ4n) is 3.37. The van der Waals surface area contributed by atoms with Crippen molar-refractivity contribution < 1.29 is 33.3 Å². The van der Waals surface area contributed by atoms with Crippen molar-refractivity contribution >= 4 is 22.3 Å². The van der Waals surface area contributed by atoms with E-state index in [-0.39, 0.29) is 33.7 Å². The van der Waals surface area contributed by atoms with Gasteiger partial charge in [0.25, 0.3) is 0 Å². The van der Waals surface area contributed by atoms with Crippen LogP contribution in [0.25, 0.3) is 11.1 Å². The average Bonchev–Trinajstić information content (AvgIpc) is 3.31. The second-order valence-corrected chi connectivity index (χ2v) is 7.53. The van der Waals surface area contributed by atoms with E-state index in [1.807, 2.05) is 18.2 Å². The molecule has 4 rings (SSSR count). The summed E-state index contributed by atoms with van der Waals surface area (Å²) in [6, 6.07) is 1.95. The van der Waals surface area contributed by atoms with E-state index in [9.17, 15) is 23.8 Å². The molecule has 2 aliphatic rings. The van der Waals surface area contributed by atoms with Gasteiger partial charge in [-0.15, -0.1) is 11.3 Å². The van der Waals surface area contributed by atoms with E-state index in [1.165, 1.54) is 12.5 Å². The second-order valence-electron chi connectivity index (χ2n) is 6.66. The SMILES string of the molecule is COc1cc(F)c(-c2csc(NC(O)C3=CC4=CC=CCC4O3)c2C(=O)O)c(F)c1. The third-order valence-electron chi connectivity index (χ3n) is 4.80. The molecule has 0 bridgehead atoms. The first-order valence-corrected chi connectivity index (χ1v) is 9.84. The predicted molar refractivity (Wildman–Crippen MR) is 108 cm³/mol. The molecule has 0 radical (unpaired) electrons. The summed E-state index contributed by atoms with van der Waals surface area (Å²) < 4.78 is 39.5. The van der Waals surface area contributed by atoms with Gasteiger partial charge in [-0.05, 0) is 11.6 Å². The molecular weight excluding hydrogens is 416 g/mol. The van der Waals surface area contributed by atoms with Crippen LogP contribution in [0, 0.1) is 11.6 Å². The number of rotatable bonds is 6. The molecule has 2 aromatic rings. The van der Waals surface area contributed by atoms with E-state index in [4.69, 9.17) is 9.47 Å². The summed E-state index contributed by atoms with van der Waals surface area (Å²) >= 11 is 0.913. The zero-order chi connectivity index (χ0) is 21.4. The van der Waals surface area contributed by atoms with Gasteiger partial charge in [0.15, 0.2) is 6.23 Å². The third-order valence-corrected chi connectivity index (χ3v) is 5.71. The number of nitrogens with one attached hydrogen (secondary N) is 1. The number of ether oxygens (including phenoxy) is 2. The van der Waals surface area contributed by atoms with Crippen molar-refractivity contribution in [2.24, 2.45) is 0 Å². The first-order valence-electron chi connectivity index (χ1n) is 8.96. The highest BCUT2D eigenvalue weighted by molar-refractivity contribution is 7.15. The summed E-state index contributed by atoms with van der Waals surface area (Å²) in [6.07, 6.45) is 6.53. The van der Waals surface area contributed by atoms with Crippen molar-refractivity contribution in [3.63, 3.8) is 0 Å². The zero-order valence-electron chi connectivity index (χ0n) is 15.7. The molecule has 9 heteroatoms. The van der Waals surface area contributed by atoms with Gasteiger partial charge in [-0.2, -0.15) is 0 Å². The lowest BCUT2D eigenvalue weighted by atomic mass is 10.0. The lowest BCUT2D eigenvalue weighted by Gasteiger charge is -2.18. The monoisotopic (exact) mass is 433 g/mol. The van der Waals surface area contributed by atoms with Gasteiger partial charge in [-0.1, -0.05) is 18.2 Å². The molecule has 2 atom stereocenters. The lowest BCUT2D eigenvalue weighted by molar-refractivity contribution is 0.0698. The van der Waals surface area contributed by atoms with Crippen LogP contribution < -0.4 is 10.1 Å². The zero-order valence-corrected chi connectivity index (χ0v) is 16.5. The Bertz CT molecular complexity index is 1080. The number of allylic oxidation sites excluding steroid dienone is 2. The van der Waals surface area contributed by atoms with E-state index in [0.29, 0.717) is 6.42 Å². The van der Waals surface area contributed by atoms with Crippen LogP contribution in [0.15, 0.2) is 53.1 Å². The smallest absolute Gasteiger partial charge is 0.339 e. The summed E-state index contributed by atoms with van der Waals surface area (Å²) in [5, 5.41) is 24.2. The van der Waals surface area contributed by atoms with Gasteiger partial charge in [-0.3, -0.25) is 0 Å². The number of methoxy groups -OCH3 is 1. The Morgan fingerprint density at radius 1 is 1.37 bits per heavy atom. The molecule has 0 fully saturated rings. The summed E-state index contributed by atoms with van der Waals surface area (Å²) in [7, 11) is 1.27. The number of thiophene rings is 1. The quantitative estimate of drug-likeness (QED) is 0.589. The third kappa shape index (κ3) is 3.57. The molecule has 2 unspecified atom stereocenters. The molecule has 156 valence electrons. The fraction of sp³-hybridized carbons (Fsp3) is 0.190. The van der Waals surface area contributed by atoms with E-state index in [1.54, 1.807) is 6.08 Å². The number of aliphatic hydroxyl groups excluding tert-OH is 1. The Hall–Kier alpha value is -3.17. The van der Waals surface area contributed by atoms with Crippen LogP contribution in [-0.2, 0) is 4.74 Å². The van der Waals surface area contributed by atoms with Gasteiger partial charge in [-0.25, -0.2) is 13.6 Å². The number of fused-ring (bicyclic) bond motifs is 1. The van der Waals surface area contributed by atoms with Crippen molar-refractivity contribution in [2.45, 2.75) is 18.8 Å². The molecule has 1 aromatic carbocycles. The molecule has 1 aliphatic heterocycles. The first-order chi connectivity index (χ1) is 14.4. The van der Waals surface area contributed by atoms with Crippen molar-refractivity contribution in [2.75, 3.05) is 12.4 Å². The number of carbonyl (C=O) groups is 1. The summed E-state index contributed by atoms with van der Waals surface area (Å²) in [4.78, 5) is 11.9. The van der Waals surface area contributed by atoms with E-state index < -0.39 is 29.4 Å².